The van der Waals surface area contributed by atoms with E-state index >= 15 is 0 Å². The Morgan fingerprint density at radius 1 is 1.53 bits per heavy atom. The Labute approximate surface area is 95.6 Å². The van der Waals surface area contributed by atoms with Gasteiger partial charge in [-0.05, 0) is 54.6 Å². The highest BCUT2D eigenvalue weighted by atomic mass is 32.1. The molecule has 84 valence electrons. The third kappa shape index (κ3) is 3.03. The largest absolute Gasteiger partial charge is 0.381 e. The summed E-state index contributed by atoms with van der Waals surface area (Å²) >= 11 is 1.78. The molecule has 0 amide bonds. The van der Waals surface area contributed by atoms with Gasteiger partial charge in [-0.25, -0.2) is 0 Å². The molecule has 2 rings (SSSR count). The number of thiophene rings is 1. The summed E-state index contributed by atoms with van der Waals surface area (Å²) in [5.41, 5.74) is 1.44. The summed E-state index contributed by atoms with van der Waals surface area (Å²) in [6.45, 7) is 1.90. The van der Waals surface area contributed by atoms with E-state index in [2.05, 4.69) is 29.2 Å². The van der Waals surface area contributed by atoms with Crippen LogP contribution in [0.5, 0.6) is 0 Å². The number of ether oxygens (including phenoxy) is 1. The Kier molecular flexibility index (Phi) is 4.18. The predicted octanol–water partition coefficient (Wildman–Crippen LogP) is 2.83. The lowest BCUT2D eigenvalue weighted by Crippen LogP contribution is -2.23. The summed E-state index contributed by atoms with van der Waals surface area (Å²) in [4.78, 5) is 0. The van der Waals surface area contributed by atoms with Crippen LogP contribution in [0.15, 0.2) is 16.8 Å². The summed E-state index contributed by atoms with van der Waals surface area (Å²) in [7, 11) is 2.06. The molecule has 1 N–H and O–H groups in total. The number of hydrogen-bond acceptors (Lipinski definition) is 3. The van der Waals surface area contributed by atoms with Crippen molar-refractivity contribution in [3.05, 3.63) is 22.4 Å². The maximum absolute atomic E-state index is 5.39. The molecule has 0 saturated carbocycles. The fraction of sp³-hybridized carbons (Fsp3) is 0.667. The molecule has 0 aromatic carbocycles. The van der Waals surface area contributed by atoms with Crippen molar-refractivity contribution in [3.63, 3.8) is 0 Å². The van der Waals surface area contributed by atoms with Crippen molar-refractivity contribution in [1.82, 2.24) is 5.32 Å². The molecule has 0 spiro atoms. The van der Waals surface area contributed by atoms with Gasteiger partial charge in [0.25, 0.3) is 0 Å². The predicted molar refractivity (Wildman–Crippen MR) is 64.3 cm³/mol. The molecule has 1 atom stereocenters. The minimum atomic E-state index is 0.527. The monoisotopic (exact) mass is 225 g/mol. The van der Waals surface area contributed by atoms with Crippen molar-refractivity contribution in [2.24, 2.45) is 5.92 Å². The van der Waals surface area contributed by atoms with Gasteiger partial charge in [-0.2, -0.15) is 11.3 Å². The van der Waals surface area contributed by atoms with E-state index in [1.165, 1.54) is 24.8 Å². The Hall–Kier alpha value is -0.380. The van der Waals surface area contributed by atoms with Crippen LogP contribution in [0.4, 0.5) is 0 Å². The molecule has 1 aromatic rings. The first-order chi connectivity index (χ1) is 7.40. The highest BCUT2D eigenvalue weighted by molar-refractivity contribution is 7.07. The van der Waals surface area contributed by atoms with Gasteiger partial charge in [0.05, 0.1) is 0 Å². The lowest BCUT2D eigenvalue weighted by Gasteiger charge is -2.26. The molecule has 2 nitrogen and oxygen atoms in total. The Morgan fingerprint density at radius 2 is 2.33 bits per heavy atom. The van der Waals surface area contributed by atoms with Crippen LogP contribution in [0.25, 0.3) is 0 Å². The molecule has 1 saturated heterocycles. The van der Waals surface area contributed by atoms with Gasteiger partial charge in [0, 0.05) is 19.3 Å². The second-order valence-electron chi connectivity index (χ2n) is 4.19. The van der Waals surface area contributed by atoms with Crippen molar-refractivity contribution in [3.8, 4) is 0 Å². The first-order valence-electron chi connectivity index (χ1n) is 5.67. The molecule has 3 heteroatoms. The highest BCUT2D eigenvalue weighted by Gasteiger charge is 2.19. The van der Waals surface area contributed by atoms with Crippen molar-refractivity contribution in [1.29, 1.82) is 0 Å². The number of rotatable bonds is 4. The fourth-order valence-corrected chi connectivity index (χ4v) is 2.92. The fourth-order valence-electron chi connectivity index (χ4n) is 2.21. The molecule has 1 unspecified atom stereocenters. The molecular formula is C12H19NOS. The molecule has 1 fully saturated rings. The smallest absolute Gasteiger partial charge is 0.0468 e. The van der Waals surface area contributed by atoms with Crippen LogP contribution in [0.3, 0.4) is 0 Å². The van der Waals surface area contributed by atoms with E-state index < -0.39 is 0 Å². The van der Waals surface area contributed by atoms with Crippen molar-refractivity contribution >= 4 is 11.3 Å². The molecule has 1 aliphatic rings. The van der Waals surface area contributed by atoms with Gasteiger partial charge in [0.2, 0.25) is 0 Å². The van der Waals surface area contributed by atoms with Crippen LogP contribution in [0.2, 0.25) is 0 Å². The second kappa shape index (κ2) is 5.64. The number of hydrogen-bond donors (Lipinski definition) is 1. The van der Waals surface area contributed by atoms with Gasteiger partial charge in [0.15, 0.2) is 0 Å². The van der Waals surface area contributed by atoms with E-state index in [0.29, 0.717) is 6.04 Å². The van der Waals surface area contributed by atoms with Crippen LogP contribution >= 0.6 is 11.3 Å². The van der Waals surface area contributed by atoms with E-state index in [0.717, 1.165) is 19.1 Å². The molecule has 2 heterocycles. The minimum absolute atomic E-state index is 0.527. The average molecular weight is 225 g/mol. The average Bonchev–Trinajstić information content (AvgIpc) is 2.81. The molecule has 1 aromatic heterocycles. The molecule has 1 aliphatic heterocycles. The topological polar surface area (TPSA) is 21.3 Å². The zero-order valence-corrected chi connectivity index (χ0v) is 10.1. The number of nitrogens with one attached hydrogen (secondary N) is 1. The summed E-state index contributed by atoms with van der Waals surface area (Å²) < 4.78 is 5.39. The normalized spacial score (nSPS) is 20.3. The lowest BCUT2D eigenvalue weighted by atomic mass is 9.90. The van der Waals surface area contributed by atoms with Crippen LogP contribution in [-0.4, -0.2) is 20.3 Å². The third-order valence-electron chi connectivity index (χ3n) is 3.20. The maximum atomic E-state index is 5.39. The maximum Gasteiger partial charge on any atom is 0.0468 e. The lowest BCUT2D eigenvalue weighted by molar-refractivity contribution is 0.0608. The van der Waals surface area contributed by atoms with E-state index in [-0.39, 0.29) is 0 Å². The molecule has 0 bridgehead atoms. The van der Waals surface area contributed by atoms with Crippen LogP contribution in [0, 0.1) is 5.92 Å². The van der Waals surface area contributed by atoms with Gasteiger partial charge in [0.1, 0.15) is 0 Å². The first-order valence-corrected chi connectivity index (χ1v) is 6.61. The van der Waals surface area contributed by atoms with Gasteiger partial charge in [-0.3, -0.25) is 0 Å². The Bertz CT molecular complexity index is 267. The summed E-state index contributed by atoms with van der Waals surface area (Å²) in [5, 5.41) is 7.82. The summed E-state index contributed by atoms with van der Waals surface area (Å²) in [6.07, 6.45) is 3.70. The molecule has 0 aliphatic carbocycles. The highest BCUT2D eigenvalue weighted by Crippen LogP contribution is 2.28. The molecule has 15 heavy (non-hydrogen) atoms. The van der Waals surface area contributed by atoms with Crippen molar-refractivity contribution in [2.75, 3.05) is 20.3 Å². The minimum Gasteiger partial charge on any atom is -0.381 e. The van der Waals surface area contributed by atoms with E-state index in [1.54, 1.807) is 11.3 Å². The molecular weight excluding hydrogens is 206 g/mol. The summed E-state index contributed by atoms with van der Waals surface area (Å²) in [5.74, 6) is 0.830. The van der Waals surface area contributed by atoms with Gasteiger partial charge >= 0.3 is 0 Å². The standard InChI is InChI=1S/C12H19NOS/c1-13-12(11-4-7-15-9-11)8-10-2-5-14-6-3-10/h4,7,9-10,12-13H,2-3,5-6,8H2,1H3. The Morgan fingerprint density at radius 3 is 2.93 bits per heavy atom. The van der Waals surface area contributed by atoms with Crippen molar-refractivity contribution in [2.45, 2.75) is 25.3 Å². The van der Waals surface area contributed by atoms with Gasteiger partial charge < -0.3 is 10.1 Å². The zero-order chi connectivity index (χ0) is 10.5. The van der Waals surface area contributed by atoms with Crippen LogP contribution < -0.4 is 5.32 Å². The zero-order valence-electron chi connectivity index (χ0n) is 9.24. The van der Waals surface area contributed by atoms with Crippen LogP contribution in [-0.2, 0) is 4.74 Å². The van der Waals surface area contributed by atoms with Crippen LogP contribution in [0.1, 0.15) is 30.9 Å². The van der Waals surface area contributed by atoms with Gasteiger partial charge in [-0.15, -0.1) is 0 Å². The SMILES string of the molecule is CNC(CC1CCOCC1)c1ccsc1. The second-order valence-corrected chi connectivity index (χ2v) is 4.97. The van der Waals surface area contributed by atoms with E-state index in [1.807, 2.05) is 0 Å². The Balaban J connectivity index is 1.90. The quantitative estimate of drug-likeness (QED) is 0.851. The first kappa shape index (κ1) is 11.1. The third-order valence-corrected chi connectivity index (χ3v) is 3.91. The van der Waals surface area contributed by atoms with Gasteiger partial charge in [-0.1, -0.05) is 0 Å². The van der Waals surface area contributed by atoms with E-state index in [4.69, 9.17) is 4.74 Å². The summed E-state index contributed by atoms with van der Waals surface area (Å²) in [6, 6.07) is 2.75. The van der Waals surface area contributed by atoms with Crippen molar-refractivity contribution < 1.29 is 4.74 Å². The molecule has 0 radical (unpaired) electrons. The van der Waals surface area contributed by atoms with E-state index in [9.17, 15) is 0 Å².